The molecular weight excluding hydrogens is 210 g/mol. The van der Waals surface area contributed by atoms with Gasteiger partial charge in [-0.25, -0.2) is 0 Å². The fraction of sp³-hybridized carbons (Fsp3) is 0.364. The molecule has 0 atom stereocenters. The quantitative estimate of drug-likeness (QED) is 0.806. The molecule has 5 heteroatoms. The van der Waals surface area contributed by atoms with Gasteiger partial charge in [0.2, 0.25) is 0 Å². The summed E-state index contributed by atoms with van der Waals surface area (Å²) < 4.78 is 15.7. The van der Waals surface area contributed by atoms with E-state index in [1.807, 2.05) is 0 Å². The summed E-state index contributed by atoms with van der Waals surface area (Å²) in [5.74, 6) is 1.43. The zero-order valence-electron chi connectivity index (χ0n) is 9.20. The summed E-state index contributed by atoms with van der Waals surface area (Å²) >= 11 is 0. The summed E-state index contributed by atoms with van der Waals surface area (Å²) in [6.07, 6.45) is 0. The van der Waals surface area contributed by atoms with Crippen LogP contribution in [0.4, 0.5) is 0 Å². The summed E-state index contributed by atoms with van der Waals surface area (Å²) in [7, 11) is 3.07. The number of hydrogen-bond donors (Lipinski definition) is 1. The average Bonchev–Trinajstić information content (AvgIpc) is 2.49. The Bertz CT molecular complexity index is 417. The van der Waals surface area contributed by atoms with Crippen LogP contribution < -0.4 is 19.5 Å². The van der Waals surface area contributed by atoms with E-state index in [4.69, 9.17) is 14.2 Å². The van der Waals surface area contributed by atoms with Crippen molar-refractivity contribution in [1.82, 2.24) is 5.32 Å². The first-order chi connectivity index (χ1) is 7.76. The highest BCUT2D eigenvalue weighted by Gasteiger charge is 2.20. The molecule has 0 saturated carbocycles. The molecule has 0 saturated heterocycles. The normalized spacial score (nSPS) is 14.2. The first kappa shape index (κ1) is 10.6. The molecule has 1 aliphatic heterocycles. The number of carbonyl (C=O) groups excluding carboxylic acids is 1. The van der Waals surface area contributed by atoms with Crippen LogP contribution in [0.2, 0.25) is 0 Å². The largest absolute Gasteiger partial charge is 0.493 e. The molecular formula is C11H13NO4. The number of amides is 1. The third-order valence-electron chi connectivity index (χ3n) is 2.38. The highest BCUT2D eigenvalue weighted by Crippen LogP contribution is 2.35. The van der Waals surface area contributed by atoms with Gasteiger partial charge in [0.1, 0.15) is 12.4 Å². The molecule has 0 unspecified atom stereocenters. The van der Waals surface area contributed by atoms with Gasteiger partial charge in [0.15, 0.2) is 11.5 Å². The van der Waals surface area contributed by atoms with Crippen LogP contribution in [-0.2, 0) is 0 Å². The van der Waals surface area contributed by atoms with Crippen LogP contribution in [0.25, 0.3) is 0 Å². The van der Waals surface area contributed by atoms with Gasteiger partial charge in [-0.3, -0.25) is 4.79 Å². The minimum Gasteiger partial charge on any atom is -0.493 e. The molecule has 0 bridgehead atoms. The Kier molecular flexibility index (Phi) is 2.85. The lowest BCUT2D eigenvalue weighted by atomic mass is 10.1. The summed E-state index contributed by atoms with van der Waals surface area (Å²) in [6.45, 7) is 0.951. The van der Waals surface area contributed by atoms with Crippen LogP contribution >= 0.6 is 0 Å². The molecule has 1 N–H and O–H groups in total. The molecule has 2 rings (SSSR count). The Morgan fingerprint density at radius 3 is 2.62 bits per heavy atom. The average molecular weight is 223 g/mol. The maximum absolute atomic E-state index is 11.7. The highest BCUT2D eigenvalue weighted by molar-refractivity contribution is 5.98. The van der Waals surface area contributed by atoms with E-state index in [0.29, 0.717) is 36.0 Å². The number of carbonyl (C=O) groups is 1. The van der Waals surface area contributed by atoms with Gasteiger partial charge in [0.25, 0.3) is 5.91 Å². The molecule has 86 valence electrons. The lowest BCUT2D eigenvalue weighted by molar-refractivity contribution is 0.0957. The Hall–Kier alpha value is -1.91. The van der Waals surface area contributed by atoms with Crippen LogP contribution in [0, 0.1) is 0 Å². The molecule has 1 aromatic carbocycles. The van der Waals surface area contributed by atoms with Crippen molar-refractivity contribution in [2.45, 2.75) is 0 Å². The number of nitrogens with one attached hydrogen (secondary N) is 1. The lowest BCUT2D eigenvalue weighted by Gasteiger charge is -2.11. The van der Waals surface area contributed by atoms with Gasteiger partial charge in [-0.15, -0.1) is 0 Å². The molecule has 0 radical (unpaired) electrons. The molecule has 1 aromatic rings. The van der Waals surface area contributed by atoms with Gasteiger partial charge >= 0.3 is 0 Å². The lowest BCUT2D eigenvalue weighted by Crippen LogP contribution is -2.24. The van der Waals surface area contributed by atoms with E-state index in [1.54, 1.807) is 19.2 Å². The van der Waals surface area contributed by atoms with Gasteiger partial charge in [-0.1, -0.05) is 0 Å². The van der Waals surface area contributed by atoms with E-state index in [-0.39, 0.29) is 5.91 Å². The zero-order chi connectivity index (χ0) is 11.5. The third-order valence-corrected chi connectivity index (χ3v) is 2.38. The van der Waals surface area contributed by atoms with Crippen molar-refractivity contribution < 1.29 is 19.0 Å². The van der Waals surface area contributed by atoms with E-state index in [9.17, 15) is 4.79 Å². The second-order valence-corrected chi connectivity index (χ2v) is 3.31. The van der Waals surface area contributed by atoms with Crippen LogP contribution in [-0.4, -0.2) is 33.3 Å². The van der Waals surface area contributed by atoms with Gasteiger partial charge in [0, 0.05) is 12.1 Å². The van der Waals surface area contributed by atoms with Crippen LogP contribution in [0.15, 0.2) is 12.1 Å². The number of methoxy groups -OCH3 is 2. The van der Waals surface area contributed by atoms with Crippen molar-refractivity contribution in [2.24, 2.45) is 0 Å². The summed E-state index contributed by atoms with van der Waals surface area (Å²) in [5, 5.41) is 2.73. The van der Waals surface area contributed by atoms with E-state index in [0.717, 1.165) is 0 Å². The van der Waals surface area contributed by atoms with E-state index < -0.39 is 0 Å². The molecule has 1 aliphatic rings. The summed E-state index contributed by atoms with van der Waals surface area (Å²) in [5.41, 5.74) is 0.468. The first-order valence-electron chi connectivity index (χ1n) is 4.93. The minimum absolute atomic E-state index is 0.159. The van der Waals surface area contributed by atoms with Gasteiger partial charge in [0.05, 0.1) is 26.3 Å². The second kappa shape index (κ2) is 4.30. The number of hydrogen-bond acceptors (Lipinski definition) is 4. The monoisotopic (exact) mass is 223 g/mol. The number of rotatable bonds is 2. The SMILES string of the molecule is COc1cc2c(cc1OC)C(=O)NCCO2. The summed E-state index contributed by atoms with van der Waals surface area (Å²) in [4.78, 5) is 11.7. The molecule has 0 fully saturated rings. The molecule has 0 aromatic heterocycles. The fourth-order valence-electron chi connectivity index (χ4n) is 1.58. The molecule has 1 amide bonds. The molecule has 1 heterocycles. The van der Waals surface area contributed by atoms with Crippen molar-refractivity contribution >= 4 is 5.91 Å². The second-order valence-electron chi connectivity index (χ2n) is 3.31. The summed E-state index contributed by atoms with van der Waals surface area (Å²) in [6, 6.07) is 3.29. The van der Waals surface area contributed by atoms with E-state index in [2.05, 4.69) is 5.32 Å². The van der Waals surface area contributed by atoms with Gasteiger partial charge in [-0.05, 0) is 0 Å². The Morgan fingerprint density at radius 2 is 1.94 bits per heavy atom. The van der Waals surface area contributed by atoms with Crippen LogP contribution in [0.3, 0.4) is 0 Å². The Labute approximate surface area is 93.3 Å². The van der Waals surface area contributed by atoms with Crippen molar-refractivity contribution in [1.29, 1.82) is 0 Å². The molecule has 5 nitrogen and oxygen atoms in total. The van der Waals surface area contributed by atoms with Crippen molar-refractivity contribution in [3.8, 4) is 17.2 Å². The van der Waals surface area contributed by atoms with Crippen molar-refractivity contribution in [3.05, 3.63) is 17.7 Å². The van der Waals surface area contributed by atoms with E-state index in [1.165, 1.54) is 7.11 Å². The Balaban J connectivity index is 2.51. The standard InChI is InChI=1S/C11H13NO4/c1-14-9-5-7-8(6-10(9)15-2)16-4-3-12-11(7)13/h5-6H,3-4H2,1-2H3,(H,12,13). The molecule has 16 heavy (non-hydrogen) atoms. The third kappa shape index (κ3) is 1.76. The fourth-order valence-corrected chi connectivity index (χ4v) is 1.58. The smallest absolute Gasteiger partial charge is 0.255 e. The Morgan fingerprint density at radius 1 is 1.25 bits per heavy atom. The van der Waals surface area contributed by atoms with E-state index >= 15 is 0 Å². The maximum atomic E-state index is 11.7. The minimum atomic E-state index is -0.159. The predicted molar refractivity (Wildman–Crippen MR) is 57.4 cm³/mol. The van der Waals surface area contributed by atoms with Crippen LogP contribution in [0.1, 0.15) is 10.4 Å². The number of fused-ring (bicyclic) bond motifs is 1. The predicted octanol–water partition coefficient (Wildman–Crippen LogP) is 0.826. The van der Waals surface area contributed by atoms with Crippen LogP contribution in [0.5, 0.6) is 17.2 Å². The highest BCUT2D eigenvalue weighted by atomic mass is 16.5. The van der Waals surface area contributed by atoms with Gasteiger partial charge in [-0.2, -0.15) is 0 Å². The molecule has 0 aliphatic carbocycles. The van der Waals surface area contributed by atoms with Crippen molar-refractivity contribution in [2.75, 3.05) is 27.4 Å². The maximum Gasteiger partial charge on any atom is 0.255 e. The van der Waals surface area contributed by atoms with Gasteiger partial charge < -0.3 is 19.5 Å². The number of ether oxygens (including phenoxy) is 3. The zero-order valence-corrected chi connectivity index (χ0v) is 9.20. The van der Waals surface area contributed by atoms with Crippen molar-refractivity contribution in [3.63, 3.8) is 0 Å². The molecule has 0 spiro atoms. The topological polar surface area (TPSA) is 56.8 Å². The number of benzene rings is 1. The first-order valence-corrected chi connectivity index (χ1v) is 4.93.